The minimum atomic E-state index is -3.46. The Bertz CT molecular complexity index is 485. The molecule has 0 aromatic carbocycles. The lowest BCUT2D eigenvalue weighted by Gasteiger charge is -2.20. The molecule has 0 spiro atoms. The van der Waals surface area contributed by atoms with Crippen LogP contribution in [0, 0.1) is 0 Å². The van der Waals surface area contributed by atoms with Gasteiger partial charge in [-0.25, -0.2) is 13.1 Å². The lowest BCUT2D eigenvalue weighted by molar-refractivity contribution is -0.129. The second-order valence-corrected chi connectivity index (χ2v) is 6.77. The van der Waals surface area contributed by atoms with E-state index in [0.717, 1.165) is 11.3 Å². The van der Waals surface area contributed by atoms with Crippen molar-refractivity contribution < 1.29 is 17.9 Å². The largest absolute Gasteiger partial charge is 0.383 e. The number of rotatable bonds is 8. The van der Waals surface area contributed by atoms with Crippen LogP contribution in [-0.2, 0) is 19.6 Å². The van der Waals surface area contributed by atoms with Crippen LogP contribution in [-0.4, -0.2) is 52.6 Å². The van der Waals surface area contributed by atoms with Gasteiger partial charge in [0.2, 0.25) is 15.9 Å². The normalized spacial score (nSPS) is 11.5. The van der Waals surface area contributed by atoms with E-state index in [9.17, 15) is 13.2 Å². The van der Waals surface area contributed by atoms with Crippen LogP contribution in [0.1, 0.15) is 6.92 Å². The van der Waals surface area contributed by atoms with Gasteiger partial charge in [-0.1, -0.05) is 6.07 Å². The molecule has 0 fully saturated rings. The molecule has 0 aliphatic heterocycles. The Balaban J connectivity index is 2.46. The van der Waals surface area contributed by atoms with E-state index in [0.29, 0.717) is 19.7 Å². The number of carbonyl (C=O) groups excluding carboxylic acids is 1. The molecule has 0 aliphatic carbocycles. The van der Waals surface area contributed by atoms with Crippen molar-refractivity contribution in [3.05, 3.63) is 17.5 Å². The molecule has 1 N–H and O–H groups in total. The van der Waals surface area contributed by atoms with Crippen molar-refractivity contribution in [2.24, 2.45) is 0 Å². The predicted molar refractivity (Wildman–Crippen MR) is 73.6 cm³/mol. The highest BCUT2D eigenvalue weighted by Gasteiger charge is 2.15. The molecule has 0 bridgehead atoms. The quantitative estimate of drug-likeness (QED) is 0.760. The number of hydrogen-bond donors (Lipinski definition) is 1. The molecule has 0 saturated heterocycles. The van der Waals surface area contributed by atoms with E-state index in [1.807, 2.05) is 0 Å². The molecule has 0 radical (unpaired) electrons. The fourth-order valence-electron chi connectivity index (χ4n) is 1.43. The van der Waals surface area contributed by atoms with Crippen LogP contribution in [0.2, 0.25) is 0 Å². The zero-order valence-electron chi connectivity index (χ0n) is 11.0. The molecule has 0 aliphatic rings. The maximum atomic E-state index is 11.8. The molecule has 1 heterocycles. The van der Waals surface area contributed by atoms with Crippen molar-refractivity contribution >= 4 is 27.3 Å². The van der Waals surface area contributed by atoms with Crippen LogP contribution in [0.15, 0.2) is 21.7 Å². The van der Waals surface area contributed by atoms with E-state index in [2.05, 4.69) is 4.72 Å². The molecule has 0 atom stereocenters. The molecule has 108 valence electrons. The Kier molecular flexibility index (Phi) is 6.43. The number of nitrogens with zero attached hydrogens (tertiary/aromatic N) is 1. The summed E-state index contributed by atoms with van der Waals surface area (Å²) in [7, 11) is -1.91. The lowest BCUT2D eigenvalue weighted by Crippen LogP contribution is -2.39. The van der Waals surface area contributed by atoms with Gasteiger partial charge in [-0.2, -0.15) is 0 Å². The standard InChI is InChI=1S/C11H18N2O4S2/c1-10(14)13(7-8-17-2)6-5-12-19(15,16)11-4-3-9-18-11/h3-4,9,12H,5-8H2,1-2H3. The fraction of sp³-hybridized carbons (Fsp3) is 0.545. The summed E-state index contributed by atoms with van der Waals surface area (Å²) in [5.74, 6) is -0.104. The van der Waals surface area contributed by atoms with E-state index in [1.54, 1.807) is 29.5 Å². The van der Waals surface area contributed by atoms with Gasteiger partial charge in [-0.15, -0.1) is 11.3 Å². The Labute approximate surface area is 117 Å². The Hall–Kier alpha value is -0.960. The number of amides is 1. The van der Waals surface area contributed by atoms with Crippen molar-refractivity contribution in [1.82, 2.24) is 9.62 Å². The van der Waals surface area contributed by atoms with Crippen molar-refractivity contribution in [2.75, 3.05) is 33.4 Å². The maximum Gasteiger partial charge on any atom is 0.250 e. The van der Waals surface area contributed by atoms with Gasteiger partial charge >= 0.3 is 0 Å². The molecule has 19 heavy (non-hydrogen) atoms. The van der Waals surface area contributed by atoms with Crippen molar-refractivity contribution in [3.8, 4) is 0 Å². The summed E-state index contributed by atoms with van der Waals surface area (Å²) < 4.78 is 31.3. The maximum absolute atomic E-state index is 11.8. The van der Waals surface area contributed by atoms with Crippen LogP contribution in [0.5, 0.6) is 0 Å². The van der Waals surface area contributed by atoms with Crippen LogP contribution < -0.4 is 4.72 Å². The van der Waals surface area contributed by atoms with Gasteiger partial charge in [0.05, 0.1) is 6.61 Å². The van der Waals surface area contributed by atoms with Gasteiger partial charge in [0, 0.05) is 33.7 Å². The third-order valence-electron chi connectivity index (χ3n) is 2.44. The molecule has 1 rings (SSSR count). The average Bonchev–Trinajstić information content (AvgIpc) is 2.87. The van der Waals surface area contributed by atoms with Gasteiger partial charge in [-0.05, 0) is 11.4 Å². The second-order valence-electron chi connectivity index (χ2n) is 3.83. The Morgan fingerprint density at radius 3 is 2.74 bits per heavy atom. The number of sulfonamides is 1. The highest BCUT2D eigenvalue weighted by molar-refractivity contribution is 7.91. The Morgan fingerprint density at radius 1 is 1.47 bits per heavy atom. The fourth-order valence-corrected chi connectivity index (χ4v) is 3.49. The highest BCUT2D eigenvalue weighted by atomic mass is 32.2. The first-order chi connectivity index (χ1) is 8.97. The van der Waals surface area contributed by atoms with E-state index >= 15 is 0 Å². The summed E-state index contributed by atoms with van der Waals surface area (Å²) >= 11 is 1.16. The van der Waals surface area contributed by atoms with E-state index in [-0.39, 0.29) is 16.7 Å². The summed E-state index contributed by atoms with van der Waals surface area (Å²) in [6.45, 7) is 2.83. The summed E-state index contributed by atoms with van der Waals surface area (Å²) in [6, 6.07) is 3.22. The number of ether oxygens (including phenoxy) is 1. The highest BCUT2D eigenvalue weighted by Crippen LogP contribution is 2.14. The summed E-state index contributed by atoms with van der Waals surface area (Å²) in [5, 5.41) is 1.70. The Morgan fingerprint density at radius 2 is 2.21 bits per heavy atom. The van der Waals surface area contributed by atoms with Crippen LogP contribution >= 0.6 is 11.3 Å². The molecule has 6 nitrogen and oxygen atoms in total. The number of thiophene rings is 1. The molecule has 1 aromatic heterocycles. The van der Waals surface area contributed by atoms with Crippen molar-refractivity contribution in [2.45, 2.75) is 11.1 Å². The third kappa shape index (κ3) is 5.27. The van der Waals surface area contributed by atoms with Crippen LogP contribution in [0.4, 0.5) is 0 Å². The van der Waals surface area contributed by atoms with Gasteiger partial charge < -0.3 is 9.64 Å². The van der Waals surface area contributed by atoms with Crippen molar-refractivity contribution in [3.63, 3.8) is 0 Å². The van der Waals surface area contributed by atoms with Gasteiger partial charge in [0.25, 0.3) is 0 Å². The SMILES string of the molecule is COCCN(CCNS(=O)(=O)c1cccs1)C(C)=O. The predicted octanol–water partition coefficient (Wildman–Crippen LogP) is 0.521. The first kappa shape index (κ1) is 16.1. The lowest BCUT2D eigenvalue weighted by atomic mass is 10.4. The van der Waals surface area contributed by atoms with E-state index in [4.69, 9.17) is 4.74 Å². The molecular weight excluding hydrogens is 288 g/mol. The van der Waals surface area contributed by atoms with Crippen molar-refractivity contribution in [1.29, 1.82) is 0 Å². The first-order valence-electron chi connectivity index (χ1n) is 5.75. The first-order valence-corrected chi connectivity index (χ1v) is 8.11. The third-order valence-corrected chi connectivity index (χ3v) is 5.30. The number of methoxy groups -OCH3 is 1. The molecule has 1 amide bonds. The van der Waals surface area contributed by atoms with Gasteiger partial charge in [0.15, 0.2) is 0 Å². The second kappa shape index (κ2) is 7.59. The molecule has 1 aromatic rings. The monoisotopic (exact) mass is 306 g/mol. The van der Waals surface area contributed by atoms with Crippen LogP contribution in [0.25, 0.3) is 0 Å². The van der Waals surface area contributed by atoms with E-state index in [1.165, 1.54) is 6.92 Å². The summed E-state index contributed by atoms with van der Waals surface area (Å²) in [4.78, 5) is 12.9. The summed E-state index contributed by atoms with van der Waals surface area (Å²) in [5.41, 5.74) is 0. The number of carbonyl (C=O) groups is 1. The number of nitrogens with one attached hydrogen (secondary N) is 1. The average molecular weight is 306 g/mol. The zero-order chi connectivity index (χ0) is 14.3. The minimum absolute atomic E-state index is 0.104. The zero-order valence-corrected chi connectivity index (χ0v) is 12.6. The minimum Gasteiger partial charge on any atom is -0.383 e. The molecule has 0 saturated carbocycles. The summed E-state index contributed by atoms with van der Waals surface area (Å²) in [6.07, 6.45) is 0. The molecule has 0 unspecified atom stereocenters. The smallest absolute Gasteiger partial charge is 0.250 e. The number of hydrogen-bond acceptors (Lipinski definition) is 5. The van der Waals surface area contributed by atoms with Crippen LogP contribution in [0.3, 0.4) is 0 Å². The topological polar surface area (TPSA) is 75.7 Å². The molecular formula is C11H18N2O4S2. The van der Waals surface area contributed by atoms with E-state index < -0.39 is 10.0 Å². The molecule has 8 heteroatoms. The van der Waals surface area contributed by atoms with Gasteiger partial charge in [-0.3, -0.25) is 4.79 Å². The van der Waals surface area contributed by atoms with Gasteiger partial charge in [0.1, 0.15) is 4.21 Å².